The molecule has 0 radical (unpaired) electrons. The van der Waals surface area contributed by atoms with Crippen molar-refractivity contribution in [3.63, 3.8) is 0 Å². The number of rotatable bonds is 6. The van der Waals surface area contributed by atoms with Crippen LogP contribution in [0.5, 0.6) is 0 Å². The van der Waals surface area contributed by atoms with E-state index < -0.39 is 11.5 Å². The van der Waals surface area contributed by atoms with Crippen molar-refractivity contribution in [1.82, 2.24) is 5.32 Å². The van der Waals surface area contributed by atoms with Gasteiger partial charge in [-0.1, -0.05) is 13.8 Å². The second-order valence-electron chi connectivity index (χ2n) is 5.39. The molecule has 1 fully saturated rings. The average molecular weight is 243 g/mol. The van der Waals surface area contributed by atoms with Crippen LogP contribution in [0, 0.1) is 11.8 Å². The van der Waals surface area contributed by atoms with Gasteiger partial charge in [-0.2, -0.15) is 0 Å². The van der Waals surface area contributed by atoms with E-state index in [9.17, 15) is 9.90 Å². The summed E-state index contributed by atoms with van der Waals surface area (Å²) in [6, 6.07) is 0. The molecule has 17 heavy (non-hydrogen) atoms. The van der Waals surface area contributed by atoms with E-state index in [1.807, 2.05) is 0 Å². The maximum absolute atomic E-state index is 11.4. The molecule has 0 heterocycles. The van der Waals surface area contributed by atoms with E-state index in [1.165, 1.54) is 0 Å². The zero-order chi connectivity index (χ0) is 12.9. The van der Waals surface area contributed by atoms with Crippen LogP contribution < -0.4 is 5.32 Å². The second-order valence-corrected chi connectivity index (χ2v) is 5.39. The smallest absolute Gasteiger partial charge is 0.323 e. The first-order valence-electron chi connectivity index (χ1n) is 6.49. The summed E-state index contributed by atoms with van der Waals surface area (Å²) < 4.78 is 4.96. The lowest BCUT2D eigenvalue weighted by Crippen LogP contribution is -2.55. The third-order valence-corrected chi connectivity index (χ3v) is 4.01. The van der Waals surface area contributed by atoms with Crippen LogP contribution in [0.3, 0.4) is 0 Å². The van der Waals surface area contributed by atoms with E-state index in [2.05, 4.69) is 19.2 Å². The van der Waals surface area contributed by atoms with Crippen molar-refractivity contribution in [1.29, 1.82) is 0 Å². The Morgan fingerprint density at radius 1 is 1.47 bits per heavy atom. The van der Waals surface area contributed by atoms with Gasteiger partial charge < -0.3 is 9.84 Å². The van der Waals surface area contributed by atoms with Gasteiger partial charge >= 0.3 is 5.97 Å². The summed E-state index contributed by atoms with van der Waals surface area (Å²) in [6.07, 6.45) is 3.47. The molecule has 0 bridgehead atoms. The standard InChI is InChI=1S/C13H25NO3/c1-10(2)11-4-6-13(7-5-11,12(15)16)14-8-9-17-3/h10-11,14H,4-9H2,1-3H3,(H,15,16). The van der Waals surface area contributed by atoms with Gasteiger partial charge in [0.05, 0.1) is 6.61 Å². The minimum absolute atomic E-state index is 0.558. The summed E-state index contributed by atoms with van der Waals surface area (Å²) >= 11 is 0. The normalized spacial score (nSPS) is 29.5. The number of carbonyl (C=O) groups is 1. The fraction of sp³-hybridized carbons (Fsp3) is 0.923. The maximum Gasteiger partial charge on any atom is 0.323 e. The average Bonchev–Trinajstić information content (AvgIpc) is 2.29. The predicted octanol–water partition coefficient (Wildman–Crippen LogP) is 1.89. The Labute approximate surface area is 104 Å². The van der Waals surface area contributed by atoms with Crippen molar-refractivity contribution < 1.29 is 14.6 Å². The van der Waals surface area contributed by atoms with Gasteiger partial charge in [0, 0.05) is 13.7 Å². The van der Waals surface area contributed by atoms with Crippen molar-refractivity contribution >= 4 is 5.97 Å². The van der Waals surface area contributed by atoms with Gasteiger partial charge in [0.15, 0.2) is 0 Å². The molecule has 4 heteroatoms. The fourth-order valence-electron chi connectivity index (χ4n) is 2.66. The van der Waals surface area contributed by atoms with Crippen LogP contribution in [-0.4, -0.2) is 36.9 Å². The van der Waals surface area contributed by atoms with Crippen molar-refractivity contribution in [2.24, 2.45) is 11.8 Å². The Balaban J connectivity index is 2.54. The minimum atomic E-state index is -0.718. The van der Waals surface area contributed by atoms with Crippen molar-refractivity contribution in [3.05, 3.63) is 0 Å². The molecule has 2 N–H and O–H groups in total. The lowest BCUT2D eigenvalue weighted by molar-refractivity contribution is -0.147. The van der Waals surface area contributed by atoms with Crippen LogP contribution in [0.4, 0.5) is 0 Å². The number of hydrogen-bond acceptors (Lipinski definition) is 3. The molecule has 1 rings (SSSR count). The molecular formula is C13H25NO3. The highest BCUT2D eigenvalue weighted by molar-refractivity contribution is 5.78. The van der Waals surface area contributed by atoms with E-state index >= 15 is 0 Å². The van der Waals surface area contributed by atoms with Gasteiger partial charge in [-0.15, -0.1) is 0 Å². The predicted molar refractivity (Wildman–Crippen MR) is 67.0 cm³/mol. The zero-order valence-electron chi connectivity index (χ0n) is 11.2. The number of hydrogen-bond donors (Lipinski definition) is 2. The number of carboxylic acids is 1. The first-order valence-corrected chi connectivity index (χ1v) is 6.49. The van der Waals surface area contributed by atoms with Gasteiger partial charge in [-0.05, 0) is 37.5 Å². The largest absolute Gasteiger partial charge is 0.480 e. The lowest BCUT2D eigenvalue weighted by Gasteiger charge is -2.38. The van der Waals surface area contributed by atoms with Gasteiger partial charge in [0.1, 0.15) is 5.54 Å². The van der Waals surface area contributed by atoms with E-state index in [0.717, 1.165) is 25.7 Å². The van der Waals surface area contributed by atoms with Crippen LogP contribution in [-0.2, 0) is 9.53 Å². The summed E-state index contributed by atoms with van der Waals surface area (Å²) in [5.74, 6) is 0.614. The highest BCUT2D eigenvalue weighted by Crippen LogP contribution is 2.35. The number of ether oxygens (including phenoxy) is 1. The number of nitrogens with one attached hydrogen (secondary N) is 1. The van der Waals surface area contributed by atoms with Gasteiger partial charge in [-0.3, -0.25) is 10.1 Å². The van der Waals surface area contributed by atoms with Crippen LogP contribution in [0.15, 0.2) is 0 Å². The second kappa shape index (κ2) is 6.36. The van der Waals surface area contributed by atoms with Gasteiger partial charge in [0.2, 0.25) is 0 Å². The molecule has 0 saturated heterocycles. The Hall–Kier alpha value is -0.610. The van der Waals surface area contributed by atoms with Crippen LogP contribution in [0.1, 0.15) is 39.5 Å². The third kappa shape index (κ3) is 3.68. The minimum Gasteiger partial charge on any atom is -0.480 e. The molecule has 0 amide bonds. The Morgan fingerprint density at radius 3 is 2.47 bits per heavy atom. The number of methoxy groups -OCH3 is 1. The molecule has 1 aliphatic rings. The molecule has 4 nitrogen and oxygen atoms in total. The Bertz CT molecular complexity index is 245. The molecule has 1 saturated carbocycles. The lowest BCUT2D eigenvalue weighted by atomic mass is 9.73. The molecule has 1 aliphatic carbocycles. The molecule has 0 aliphatic heterocycles. The number of carboxylic acid groups (broad SMARTS) is 1. The van der Waals surface area contributed by atoms with Crippen molar-refractivity contribution in [3.8, 4) is 0 Å². The van der Waals surface area contributed by atoms with Gasteiger partial charge in [-0.25, -0.2) is 0 Å². The topological polar surface area (TPSA) is 58.6 Å². The van der Waals surface area contributed by atoms with Crippen LogP contribution in [0.2, 0.25) is 0 Å². The zero-order valence-corrected chi connectivity index (χ0v) is 11.2. The molecule has 0 spiro atoms. The van der Waals surface area contributed by atoms with Crippen LogP contribution >= 0.6 is 0 Å². The van der Waals surface area contributed by atoms with E-state index in [1.54, 1.807) is 7.11 Å². The quantitative estimate of drug-likeness (QED) is 0.699. The van der Waals surface area contributed by atoms with Gasteiger partial charge in [0.25, 0.3) is 0 Å². The summed E-state index contributed by atoms with van der Waals surface area (Å²) in [4.78, 5) is 11.4. The summed E-state index contributed by atoms with van der Waals surface area (Å²) in [6.45, 7) is 5.60. The molecule has 0 unspecified atom stereocenters. The fourth-order valence-corrected chi connectivity index (χ4v) is 2.66. The summed E-state index contributed by atoms with van der Waals surface area (Å²) in [5, 5.41) is 12.6. The van der Waals surface area contributed by atoms with E-state index in [0.29, 0.717) is 25.0 Å². The first kappa shape index (κ1) is 14.5. The Kier molecular flexibility index (Phi) is 5.40. The highest BCUT2D eigenvalue weighted by atomic mass is 16.5. The summed E-state index contributed by atoms with van der Waals surface area (Å²) in [5.41, 5.74) is -0.718. The monoisotopic (exact) mass is 243 g/mol. The molecular weight excluding hydrogens is 218 g/mol. The van der Waals surface area contributed by atoms with E-state index in [4.69, 9.17) is 4.74 Å². The van der Waals surface area contributed by atoms with Crippen molar-refractivity contribution in [2.75, 3.05) is 20.3 Å². The van der Waals surface area contributed by atoms with E-state index in [-0.39, 0.29) is 0 Å². The molecule has 0 aromatic carbocycles. The Morgan fingerprint density at radius 2 is 2.06 bits per heavy atom. The maximum atomic E-state index is 11.4. The molecule has 0 aromatic heterocycles. The first-order chi connectivity index (χ1) is 8.02. The molecule has 100 valence electrons. The third-order valence-electron chi connectivity index (χ3n) is 4.01. The molecule has 0 atom stereocenters. The number of aliphatic carboxylic acids is 1. The SMILES string of the molecule is COCCNC1(C(=O)O)CCC(C(C)C)CC1. The summed E-state index contributed by atoms with van der Waals surface area (Å²) in [7, 11) is 1.63. The van der Waals surface area contributed by atoms with Crippen LogP contribution in [0.25, 0.3) is 0 Å². The van der Waals surface area contributed by atoms with Crippen molar-refractivity contribution in [2.45, 2.75) is 45.1 Å². The highest BCUT2D eigenvalue weighted by Gasteiger charge is 2.41. The molecule has 0 aromatic rings.